The lowest BCUT2D eigenvalue weighted by Gasteiger charge is -2.27. The SMILES string of the molecule is CC(C)c1cnn2c(NCc3ccccc3-c3nccc4cc(NC(=O)COCCOCCOCCNC(=O)CNc5cccc6c5C(=O)N(C5CCC(=O)NC5=O)C6=O)ccc34)nc(O[C@@H]3CCCNC3)nc12. The summed E-state index contributed by atoms with van der Waals surface area (Å²) in [6.07, 6.45) is 5.59. The van der Waals surface area contributed by atoms with Gasteiger partial charge in [0.15, 0.2) is 5.65 Å². The highest BCUT2D eigenvalue weighted by Gasteiger charge is 2.45. The number of pyridine rings is 1. The van der Waals surface area contributed by atoms with Crippen molar-refractivity contribution in [3.8, 4) is 17.3 Å². The van der Waals surface area contributed by atoms with Crippen LogP contribution in [0.4, 0.5) is 17.3 Å². The van der Waals surface area contributed by atoms with E-state index in [1.54, 1.807) is 22.8 Å². The third-order valence-electron chi connectivity index (χ3n) is 12.7. The molecule has 6 amide bonds. The van der Waals surface area contributed by atoms with Crippen molar-refractivity contribution in [3.63, 3.8) is 0 Å². The van der Waals surface area contributed by atoms with Gasteiger partial charge in [0, 0.05) is 60.1 Å². The van der Waals surface area contributed by atoms with E-state index in [4.69, 9.17) is 33.9 Å². The molecule has 3 aliphatic rings. The number of amides is 6. The van der Waals surface area contributed by atoms with Gasteiger partial charge in [-0.2, -0.15) is 19.6 Å². The second-order valence-corrected chi connectivity index (χ2v) is 18.2. The maximum Gasteiger partial charge on any atom is 0.322 e. The van der Waals surface area contributed by atoms with E-state index in [-0.39, 0.29) is 106 Å². The van der Waals surface area contributed by atoms with E-state index in [2.05, 4.69) is 56.9 Å². The largest absolute Gasteiger partial charge is 0.459 e. The molecular weight excluding hydrogens is 953 g/mol. The van der Waals surface area contributed by atoms with Gasteiger partial charge in [0.05, 0.1) is 62.6 Å². The average molecular weight is 1010 g/mol. The van der Waals surface area contributed by atoms with Gasteiger partial charge in [-0.25, -0.2) is 0 Å². The molecule has 2 atom stereocenters. The molecule has 3 aromatic carbocycles. The molecule has 386 valence electrons. The standard InChI is InChI=1S/C52H58N12O10/c1-31(2)39-28-58-64-47(39)61-52(74-35-8-6-17-53-27-35)62-51(64)57-26-33-7-3-4-9-36(33)46-37-13-12-34(25-32(37)16-18-55-46)59-44(67)30-73-24-23-72-22-21-71-20-19-54-43(66)29-56-40-11-5-10-38-45(40)50(70)63(49(38)69)41-14-15-42(65)60-48(41)68/h3-5,7,9-13,16,18,25,28,31,35,41,53,56H,6,8,14-15,17,19-24,26-27,29-30H2,1-2H3,(H,54,66)(H,59,67)(H,57,61,62)(H,60,65,68)/t35-,41?/m1/s1. The van der Waals surface area contributed by atoms with Crippen molar-refractivity contribution >= 4 is 69.2 Å². The zero-order chi connectivity index (χ0) is 51.6. The minimum atomic E-state index is -1.09. The van der Waals surface area contributed by atoms with Crippen LogP contribution in [0.25, 0.3) is 27.7 Å². The molecule has 6 aromatic rings. The second-order valence-electron chi connectivity index (χ2n) is 18.2. The normalized spacial score (nSPS) is 16.7. The molecule has 1 unspecified atom stereocenters. The molecule has 0 spiro atoms. The maximum atomic E-state index is 13.3. The smallest absolute Gasteiger partial charge is 0.322 e. The first-order valence-corrected chi connectivity index (χ1v) is 24.7. The number of benzene rings is 3. The summed E-state index contributed by atoms with van der Waals surface area (Å²) in [5.41, 5.74) is 5.50. The number of rotatable bonds is 23. The molecule has 6 heterocycles. The van der Waals surface area contributed by atoms with Crippen molar-refractivity contribution < 1.29 is 47.7 Å². The van der Waals surface area contributed by atoms with E-state index in [9.17, 15) is 28.8 Å². The number of fused-ring (bicyclic) bond motifs is 3. The molecule has 0 radical (unpaired) electrons. The molecule has 3 aliphatic heterocycles. The number of nitrogens with one attached hydrogen (secondary N) is 6. The molecule has 74 heavy (non-hydrogen) atoms. The van der Waals surface area contributed by atoms with Crippen LogP contribution in [0.15, 0.2) is 79.1 Å². The van der Waals surface area contributed by atoms with Crippen LogP contribution < -0.4 is 36.6 Å². The quantitative estimate of drug-likeness (QED) is 0.0393. The number of ether oxygens (including phenoxy) is 4. The van der Waals surface area contributed by atoms with Gasteiger partial charge in [0.2, 0.25) is 29.6 Å². The fraction of sp³-hybridized carbons (Fsp3) is 0.385. The van der Waals surface area contributed by atoms with E-state index < -0.39 is 29.7 Å². The number of piperidine rings is 2. The summed E-state index contributed by atoms with van der Waals surface area (Å²) in [7, 11) is 0. The predicted octanol–water partition coefficient (Wildman–Crippen LogP) is 3.82. The van der Waals surface area contributed by atoms with Crippen LogP contribution in [-0.2, 0) is 39.9 Å². The van der Waals surface area contributed by atoms with Gasteiger partial charge in [0.1, 0.15) is 18.8 Å². The Labute approximate surface area is 425 Å². The second kappa shape index (κ2) is 23.7. The summed E-state index contributed by atoms with van der Waals surface area (Å²) in [6, 6.07) is 19.5. The van der Waals surface area contributed by atoms with Crippen LogP contribution >= 0.6 is 0 Å². The van der Waals surface area contributed by atoms with Crippen molar-refractivity contribution in [2.45, 2.75) is 64.1 Å². The number of carbonyl (C=O) groups excluding carboxylic acids is 6. The summed E-state index contributed by atoms with van der Waals surface area (Å²) in [6.45, 7) is 7.39. The molecule has 22 nitrogen and oxygen atoms in total. The van der Waals surface area contributed by atoms with Crippen molar-refractivity contribution in [2.75, 3.05) is 81.8 Å². The molecular formula is C52H58N12O10. The zero-order valence-corrected chi connectivity index (χ0v) is 41.1. The minimum Gasteiger partial charge on any atom is -0.459 e. The molecule has 2 saturated heterocycles. The predicted molar refractivity (Wildman–Crippen MR) is 272 cm³/mol. The van der Waals surface area contributed by atoms with E-state index in [0.29, 0.717) is 29.8 Å². The Hall–Kier alpha value is -7.92. The Morgan fingerprint density at radius 2 is 1.66 bits per heavy atom. The molecule has 22 heteroatoms. The molecule has 6 N–H and O–H groups in total. The number of aromatic nitrogens is 5. The number of carbonyl (C=O) groups is 6. The van der Waals surface area contributed by atoms with Crippen LogP contribution in [-0.4, -0.2) is 143 Å². The molecule has 9 rings (SSSR count). The topological polar surface area (TPSA) is 271 Å². The first kappa shape index (κ1) is 51.0. The lowest BCUT2D eigenvalue weighted by atomic mass is 9.99. The highest BCUT2D eigenvalue weighted by molar-refractivity contribution is 6.25. The van der Waals surface area contributed by atoms with Gasteiger partial charge in [-0.05, 0) is 73.0 Å². The molecule has 3 aromatic heterocycles. The summed E-state index contributed by atoms with van der Waals surface area (Å²) in [4.78, 5) is 90.9. The van der Waals surface area contributed by atoms with Gasteiger partial charge < -0.3 is 45.5 Å². The Morgan fingerprint density at radius 1 is 0.851 bits per heavy atom. The van der Waals surface area contributed by atoms with E-state index >= 15 is 0 Å². The monoisotopic (exact) mass is 1010 g/mol. The summed E-state index contributed by atoms with van der Waals surface area (Å²) in [5.74, 6) is -2.42. The van der Waals surface area contributed by atoms with Crippen LogP contribution in [0.5, 0.6) is 6.01 Å². The first-order chi connectivity index (χ1) is 36.0. The lowest BCUT2D eigenvalue weighted by molar-refractivity contribution is -0.136. The van der Waals surface area contributed by atoms with Gasteiger partial charge in [0.25, 0.3) is 11.8 Å². The number of imide groups is 2. The lowest BCUT2D eigenvalue weighted by Crippen LogP contribution is -2.54. The fourth-order valence-corrected chi connectivity index (χ4v) is 9.03. The van der Waals surface area contributed by atoms with Crippen molar-refractivity contribution in [1.82, 2.24) is 45.4 Å². The first-order valence-electron chi connectivity index (χ1n) is 24.7. The Morgan fingerprint density at radius 3 is 2.47 bits per heavy atom. The fourth-order valence-electron chi connectivity index (χ4n) is 9.03. The summed E-state index contributed by atoms with van der Waals surface area (Å²) in [5, 5.41) is 24.0. The van der Waals surface area contributed by atoms with Gasteiger partial charge in [-0.1, -0.05) is 50.2 Å². The Kier molecular flexibility index (Phi) is 16.4. The van der Waals surface area contributed by atoms with Crippen molar-refractivity contribution in [2.24, 2.45) is 0 Å². The molecule has 2 fully saturated rings. The Balaban J connectivity index is 0.677. The van der Waals surface area contributed by atoms with Crippen molar-refractivity contribution in [1.29, 1.82) is 0 Å². The zero-order valence-electron chi connectivity index (χ0n) is 41.1. The molecule has 0 saturated carbocycles. The van der Waals surface area contributed by atoms with Crippen LogP contribution in [0.3, 0.4) is 0 Å². The summed E-state index contributed by atoms with van der Waals surface area (Å²) < 4.78 is 24.7. The van der Waals surface area contributed by atoms with Gasteiger partial charge in [-0.3, -0.25) is 44.0 Å². The number of hydrogen-bond acceptors (Lipinski definition) is 17. The number of nitrogens with zero attached hydrogens (tertiary/aromatic N) is 6. The van der Waals surface area contributed by atoms with Gasteiger partial charge >= 0.3 is 6.01 Å². The van der Waals surface area contributed by atoms with E-state index in [1.807, 2.05) is 48.7 Å². The third-order valence-corrected chi connectivity index (χ3v) is 12.7. The Bertz CT molecular complexity index is 3070. The summed E-state index contributed by atoms with van der Waals surface area (Å²) >= 11 is 0. The van der Waals surface area contributed by atoms with Crippen molar-refractivity contribution in [3.05, 3.63) is 101 Å². The highest BCUT2D eigenvalue weighted by atomic mass is 16.5. The van der Waals surface area contributed by atoms with Crippen LogP contribution in [0.1, 0.15) is 77.3 Å². The minimum absolute atomic E-state index is 0.0122. The molecule has 0 bridgehead atoms. The third kappa shape index (κ3) is 11.9. The van der Waals surface area contributed by atoms with Crippen LogP contribution in [0.2, 0.25) is 0 Å². The van der Waals surface area contributed by atoms with Gasteiger partial charge in [-0.15, -0.1) is 0 Å². The maximum absolute atomic E-state index is 13.3. The number of anilines is 3. The van der Waals surface area contributed by atoms with E-state index in [1.165, 1.54) is 6.07 Å². The van der Waals surface area contributed by atoms with Crippen LogP contribution in [0, 0.1) is 0 Å². The molecule has 0 aliphatic carbocycles. The average Bonchev–Trinajstić information content (AvgIpc) is 3.95. The highest BCUT2D eigenvalue weighted by Crippen LogP contribution is 2.34. The van der Waals surface area contributed by atoms with E-state index in [0.717, 1.165) is 64.0 Å². The number of hydrogen-bond donors (Lipinski definition) is 6.